The number of furan rings is 1. The van der Waals surface area contributed by atoms with E-state index in [4.69, 9.17) is 9.15 Å². The number of aromatic nitrogens is 1. The van der Waals surface area contributed by atoms with Gasteiger partial charge in [0.25, 0.3) is 0 Å². The molecule has 4 nitrogen and oxygen atoms in total. The van der Waals surface area contributed by atoms with Crippen molar-refractivity contribution in [1.29, 1.82) is 0 Å². The maximum Gasteiger partial charge on any atom is 0.129 e. The predicted molar refractivity (Wildman–Crippen MR) is 69.1 cm³/mol. The van der Waals surface area contributed by atoms with Crippen molar-refractivity contribution < 1.29 is 9.15 Å². The lowest BCUT2D eigenvalue weighted by Gasteiger charge is -2.01. The summed E-state index contributed by atoms with van der Waals surface area (Å²) in [4.78, 5) is 4.24. The van der Waals surface area contributed by atoms with Gasteiger partial charge in [0.05, 0.1) is 12.9 Å². The van der Waals surface area contributed by atoms with Crippen LogP contribution in [0.15, 0.2) is 41.1 Å². The van der Waals surface area contributed by atoms with Crippen LogP contribution in [0.5, 0.6) is 0 Å². The van der Waals surface area contributed by atoms with Crippen LogP contribution >= 0.6 is 0 Å². The molecule has 4 heteroatoms. The number of nitrogens with one attached hydrogen (secondary N) is 1. The second-order valence-electron chi connectivity index (χ2n) is 4.08. The molecule has 0 aliphatic carbocycles. The quantitative estimate of drug-likeness (QED) is 0.760. The van der Waals surface area contributed by atoms with E-state index in [0.29, 0.717) is 13.2 Å². The molecular formula is C14H18N2O2. The fourth-order valence-electron chi connectivity index (χ4n) is 1.69. The van der Waals surface area contributed by atoms with Crippen LogP contribution in [0.25, 0.3) is 0 Å². The van der Waals surface area contributed by atoms with Gasteiger partial charge < -0.3 is 14.5 Å². The van der Waals surface area contributed by atoms with E-state index in [2.05, 4.69) is 10.3 Å². The van der Waals surface area contributed by atoms with E-state index in [1.54, 1.807) is 12.5 Å². The fourth-order valence-corrected chi connectivity index (χ4v) is 1.69. The van der Waals surface area contributed by atoms with Crippen LogP contribution in [-0.4, -0.2) is 18.6 Å². The topological polar surface area (TPSA) is 47.3 Å². The third kappa shape index (κ3) is 3.98. The Hall–Kier alpha value is -1.65. The highest BCUT2D eigenvalue weighted by molar-refractivity contribution is 5.11. The van der Waals surface area contributed by atoms with E-state index in [0.717, 1.165) is 30.0 Å². The van der Waals surface area contributed by atoms with E-state index in [1.807, 2.05) is 31.3 Å². The minimum absolute atomic E-state index is 0.510. The smallest absolute Gasteiger partial charge is 0.129 e. The average Bonchev–Trinajstić information content (AvgIpc) is 2.84. The Morgan fingerprint density at radius 2 is 2.33 bits per heavy atom. The molecular weight excluding hydrogens is 228 g/mol. The zero-order chi connectivity index (χ0) is 12.6. The normalized spacial score (nSPS) is 10.7. The molecule has 0 spiro atoms. The molecule has 0 bridgehead atoms. The number of ether oxygens (including phenoxy) is 1. The van der Waals surface area contributed by atoms with Crippen molar-refractivity contribution in [3.8, 4) is 0 Å². The first-order valence-electron chi connectivity index (χ1n) is 6.07. The molecule has 18 heavy (non-hydrogen) atoms. The molecule has 2 aromatic heterocycles. The first-order chi connectivity index (χ1) is 8.88. The van der Waals surface area contributed by atoms with E-state index in [9.17, 15) is 0 Å². The van der Waals surface area contributed by atoms with Gasteiger partial charge in [0.15, 0.2) is 0 Å². The molecule has 2 aromatic rings. The molecule has 1 N–H and O–H groups in total. The summed E-state index contributed by atoms with van der Waals surface area (Å²) in [7, 11) is 1.91. The van der Waals surface area contributed by atoms with E-state index >= 15 is 0 Å². The number of rotatable bonds is 7. The molecule has 0 atom stereocenters. The van der Waals surface area contributed by atoms with Gasteiger partial charge in [-0.3, -0.25) is 4.98 Å². The Balaban J connectivity index is 1.68. The van der Waals surface area contributed by atoms with Crippen molar-refractivity contribution in [2.24, 2.45) is 0 Å². The molecule has 0 radical (unpaired) electrons. The van der Waals surface area contributed by atoms with Gasteiger partial charge in [-0.05, 0) is 25.2 Å². The van der Waals surface area contributed by atoms with Crippen LogP contribution in [0.2, 0.25) is 0 Å². The van der Waals surface area contributed by atoms with Crippen molar-refractivity contribution in [1.82, 2.24) is 10.3 Å². The summed E-state index contributed by atoms with van der Waals surface area (Å²) in [6.45, 7) is 1.98. The van der Waals surface area contributed by atoms with Crippen molar-refractivity contribution in [3.05, 3.63) is 53.7 Å². The molecule has 0 amide bonds. The van der Waals surface area contributed by atoms with Gasteiger partial charge in [0.1, 0.15) is 12.4 Å². The first kappa shape index (κ1) is 12.8. The van der Waals surface area contributed by atoms with Crippen molar-refractivity contribution >= 4 is 0 Å². The zero-order valence-corrected chi connectivity index (χ0v) is 10.6. The Morgan fingerprint density at radius 1 is 1.39 bits per heavy atom. The maximum absolute atomic E-state index is 5.56. The van der Waals surface area contributed by atoms with Gasteiger partial charge in [-0.25, -0.2) is 0 Å². The first-order valence-corrected chi connectivity index (χ1v) is 6.07. The minimum Gasteiger partial charge on any atom is -0.467 e. The standard InChI is InChI=1S/C14H18N2O2/c1-15-9-12-8-14(18-10-12)11-17-7-5-13-4-2-3-6-16-13/h2-4,6,8,10,15H,5,7,9,11H2,1H3. The number of nitrogens with zero attached hydrogens (tertiary/aromatic N) is 1. The molecule has 0 aliphatic rings. The molecule has 2 heterocycles. The minimum atomic E-state index is 0.510. The molecule has 0 saturated carbocycles. The highest BCUT2D eigenvalue weighted by Crippen LogP contribution is 2.09. The lowest BCUT2D eigenvalue weighted by atomic mass is 10.3. The molecule has 0 aliphatic heterocycles. The van der Waals surface area contributed by atoms with Gasteiger partial charge in [-0.15, -0.1) is 0 Å². The number of pyridine rings is 1. The van der Waals surface area contributed by atoms with Crippen molar-refractivity contribution in [2.45, 2.75) is 19.6 Å². The third-order valence-corrected chi connectivity index (χ3v) is 2.56. The Bertz CT molecular complexity index is 454. The molecule has 96 valence electrons. The lowest BCUT2D eigenvalue weighted by molar-refractivity contribution is 0.108. The van der Waals surface area contributed by atoms with Gasteiger partial charge in [0, 0.05) is 30.4 Å². The molecule has 0 unspecified atom stereocenters. The van der Waals surface area contributed by atoms with Gasteiger partial charge in [-0.1, -0.05) is 6.07 Å². The molecule has 2 rings (SSSR count). The van der Waals surface area contributed by atoms with E-state index < -0.39 is 0 Å². The Labute approximate surface area is 107 Å². The van der Waals surface area contributed by atoms with Crippen LogP contribution in [-0.2, 0) is 24.3 Å². The van der Waals surface area contributed by atoms with Crippen molar-refractivity contribution in [2.75, 3.05) is 13.7 Å². The second kappa shape index (κ2) is 6.93. The zero-order valence-electron chi connectivity index (χ0n) is 10.6. The lowest BCUT2D eigenvalue weighted by Crippen LogP contribution is -2.03. The summed E-state index contributed by atoms with van der Waals surface area (Å²) in [6, 6.07) is 7.91. The molecule has 0 saturated heterocycles. The Morgan fingerprint density at radius 3 is 3.11 bits per heavy atom. The Kier molecular flexibility index (Phi) is 4.93. The van der Waals surface area contributed by atoms with Crippen LogP contribution in [0.4, 0.5) is 0 Å². The van der Waals surface area contributed by atoms with Crippen LogP contribution in [0.3, 0.4) is 0 Å². The van der Waals surface area contributed by atoms with E-state index in [-0.39, 0.29) is 0 Å². The van der Waals surface area contributed by atoms with Gasteiger partial charge in [-0.2, -0.15) is 0 Å². The average molecular weight is 246 g/mol. The summed E-state index contributed by atoms with van der Waals surface area (Å²) in [5.41, 5.74) is 2.19. The fraction of sp³-hybridized carbons (Fsp3) is 0.357. The summed E-state index contributed by atoms with van der Waals surface area (Å²) in [6.07, 6.45) is 4.38. The van der Waals surface area contributed by atoms with Crippen molar-refractivity contribution in [3.63, 3.8) is 0 Å². The monoisotopic (exact) mass is 246 g/mol. The van der Waals surface area contributed by atoms with Crippen LogP contribution in [0.1, 0.15) is 17.0 Å². The summed E-state index contributed by atoms with van der Waals surface area (Å²) in [5.74, 6) is 0.862. The number of hydrogen-bond acceptors (Lipinski definition) is 4. The summed E-state index contributed by atoms with van der Waals surface area (Å²) >= 11 is 0. The molecule has 0 aromatic carbocycles. The van der Waals surface area contributed by atoms with E-state index in [1.165, 1.54) is 0 Å². The van der Waals surface area contributed by atoms with Gasteiger partial charge in [0.2, 0.25) is 0 Å². The van der Waals surface area contributed by atoms with Gasteiger partial charge >= 0.3 is 0 Å². The van der Waals surface area contributed by atoms with Crippen LogP contribution < -0.4 is 5.32 Å². The predicted octanol–water partition coefficient (Wildman–Crippen LogP) is 2.15. The SMILES string of the molecule is CNCc1coc(COCCc2ccccn2)c1. The second-order valence-corrected chi connectivity index (χ2v) is 4.08. The third-order valence-electron chi connectivity index (χ3n) is 2.56. The maximum atomic E-state index is 5.56. The summed E-state index contributed by atoms with van der Waals surface area (Å²) < 4.78 is 10.9. The highest BCUT2D eigenvalue weighted by atomic mass is 16.5. The highest BCUT2D eigenvalue weighted by Gasteiger charge is 2.01. The summed E-state index contributed by atoms with van der Waals surface area (Å²) in [5, 5.41) is 3.08. The molecule has 0 fully saturated rings. The van der Waals surface area contributed by atoms with Crippen LogP contribution in [0, 0.1) is 0 Å². The number of hydrogen-bond donors (Lipinski definition) is 1. The largest absolute Gasteiger partial charge is 0.467 e.